The van der Waals surface area contributed by atoms with Crippen LogP contribution in [0.15, 0.2) is 0 Å². The van der Waals surface area contributed by atoms with Gasteiger partial charge in [-0.15, -0.1) is 0 Å². The van der Waals surface area contributed by atoms with Gasteiger partial charge in [0.15, 0.2) is 0 Å². The van der Waals surface area contributed by atoms with E-state index in [2.05, 4.69) is 24.6 Å². The first-order valence-electron chi connectivity index (χ1n) is 25.0. The fourth-order valence-corrected chi connectivity index (χ4v) is 13.5. The molecule has 12 heteroatoms. The molecule has 0 spiro atoms. The van der Waals surface area contributed by atoms with E-state index < -0.39 is 41.7 Å². The second-order valence-corrected chi connectivity index (χ2v) is 20.8. The fourth-order valence-electron chi connectivity index (χ4n) is 13.5. The van der Waals surface area contributed by atoms with Crippen molar-refractivity contribution in [2.75, 3.05) is 13.2 Å². The van der Waals surface area contributed by atoms with Gasteiger partial charge in [-0.2, -0.15) is 0 Å². The van der Waals surface area contributed by atoms with Crippen LogP contribution in [0.25, 0.3) is 0 Å². The average molecular weight is 857 g/mol. The highest BCUT2D eigenvalue weighted by molar-refractivity contribution is 5.86. The summed E-state index contributed by atoms with van der Waals surface area (Å²) in [6.07, 6.45) is 22.5. The molecular formula is C49H80N2O10. The Kier molecular flexibility index (Phi) is 18.2. The summed E-state index contributed by atoms with van der Waals surface area (Å²) >= 11 is 0. The second kappa shape index (κ2) is 23.3. The third-order valence-electron chi connectivity index (χ3n) is 17.1. The van der Waals surface area contributed by atoms with E-state index in [0.717, 1.165) is 83.5 Å². The van der Waals surface area contributed by atoms with Crippen LogP contribution >= 0.6 is 0 Å². The van der Waals surface area contributed by atoms with E-state index in [-0.39, 0.29) is 54.0 Å². The lowest BCUT2D eigenvalue weighted by molar-refractivity contribution is -0.158. The van der Waals surface area contributed by atoms with Crippen molar-refractivity contribution in [2.24, 2.45) is 76.9 Å². The van der Waals surface area contributed by atoms with Crippen molar-refractivity contribution in [3.63, 3.8) is 0 Å². The predicted octanol–water partition coefficient (Wildman–Crippen LogP) is 8.96. The molecule has 1 amide bonds. The molecule has 61 heavy (non-hydrogen) atoms. The third kappa shape index (κ3) is 12.7. The number of aliphatic carboxylic acids is 2. The number of carbonyl (C=O) groups is 5. The molecule has 6 fully saturated rings. The number of carboxylic acids is 2. The first kappa shape index (κ1) is 47.7. The van der Waals surface area contributed by atoms with E-state index in [4.69, 9.17) is 9.47 Å². The van der Waals surface area contributed by atoms with E-state index in [0.29, 0.717) is 74.9 Å². The van der Waals surface area contributed by atoms with Crippen LogP contribution in [0.2, 0.25) is 0 Å². The molecule has 6 aliphatic carbocycles. The number of nitrogens with one attached hydrogen (secondary N) is 2. The van der Waals surface area contributed by atoms with E-state index in [1.54, 1.807) is 0 Å². The van der Waals surface area contributed by atoms with Crippen molar-refractivity contribution in [1.29, 1.82) is 0 Å². The normalized spacial score (nSPS) is 36.0. The van der Waals surface area contributed by atoms with Gasteiger partial charge < -0.3 is 30.2 Å². The Labute approximate surface area is 365 Å². The standard InChI is InChI=1S/C49H80N2O10/c1-3-34-24-32(15-19-38(34)44(51-59)41-26-36(17-20-39(41)46(53)54)48(57)60-28-30-11-7-5-8-12-30)23-33-16-22-43(35(4-2)25-33)50-45(52)42-27-37(18-21-40(42)47(55)56)49(58)61-29-31-13-9-6-10-14-31/h30-44,51,59H,3-29H2,1-2H3,(H,50,52)(H,53,54)(H,55,56). The number of esters is 2. The molecule has 346 valence electrons. The molecule has 0 aromatic carbocycles. The molecule has 0 aromatic heterocycles. The van der Waals surface area contributed by atoms with Crippen molar-refractivity contribution in [2.45, 2.75) is 186 Å². The van der Waals surface area contributed by atoms with Crippen LogP contribution in [0, 0.1) is 76.9 Å². The molecule has 6 aliphatic rings. The summed E-state index contributed by atoms with van der Waals surface area (Å²) in [6, 6.07) is -0.430. The molecule has 5 N–H and O–H groups in total. The summed E-state index contributed by atoms with van der Waals surface area (Å²) in [5.41, 5.74) is 2.62. The minimum Gasteiger partial charge on any atom is -0.481 e. The molecule has 13 atom stereocenters. The van der Waals surface area contributed by atoms with Gasteiger partial charge in [0, 0.05) is 12.1 Å². The maximum absolute atomic E-state index is 13.9. The summed E-state index contributed by atoms with van der Waals surface area (Å²) in [7, 11) is 0. The van der Waals surface area contributed by atoms with Gasteiger partial charge >= 0.3 is 23.9 Å². The smallest absolute Gasteiger partial charge is 0.308 e. The molecule has 0 radical (unpaired) electrons. The number of ether oxygens (including phenoxy) is 2. The molecule has 0 saturated heterocycles. The summed E-state index contributed by atoms with van der Waals surface area (Å²) < 4.78 is 11.6. The fraction of sp³-hybridized carbons (Fsp3) is 0.898. The van der Waals surface area contributed by atoms with Crippen molar-refractivity contribution < 1.29 is 48.9 Å². The van der Waals surface area contributed by atoms with Gasteiger partial charge in [-0.25, -0.2) is 5.48 Å². The Hall–Kier alpha value is -2.73. The second-order valence-electron chi connectivity index (χ2n) is 20.8. The number of carbonyl (C=O) groups excluding carboxylic acids is 3. The van der Waals surface area contributed by atoms with E-state index >= 15 is 0 Å². The van der Waals surface area contributed by atoms with Gasteiger partial charge in [0.1, 0.15) is 0 Å². The van der Waals surface area contributed by atoms with Crippen LogP contribution in [0.1, 0.15) is 174 Å². The Bertz CT molecular complexity index is 1450. The van der Waals surface area contributed by atoms with Gasteiger partial charge in [-0.1, -0.05) is 71.6 Å². The Morgan fingerprint density at radius 1 is 0.541 bits per heavy atom. The summed E-state index contributed by atoms with van der Waals surface area (Å²) in [6.45, 7) is 5.24. The quantitative estimate of drug-likeness (QED) is 0.0694. The Morgan fingerprint density at radius 3 is 1.61 bits per heavy atom. The average Bonchev–Trinajstić information content (AvgIpc) is 3.28. The highest BCUT2D eigenvalue weighted by atomic mass is 16.5. The SMILES string of the molecule is CCC1CC(CC2CCC(C(NO)C3CC(C(=O)OCC4CCCCC4)CCC3C(=O)O)C(CC)C2)CCC1NC(=O)C1CC(C(=O)OCC2CCCCC2)CCC1C(=O)O. The molecule has 6 rings (SSSR count). The van der Waals surface area contributed by atoms with Gasteiger partial charge in [0.05, 0.1) is 42.8 Å². The zero-order valence-corrected chi connectivity index (χ0v) is 37.5. The molecule has 0 heterocycles. The van der Waals surface area contributed by atoms with E-state index in [1.165, 1.54) is 38.5 Å². The van der Waals surface area contributed by atoms with Gasteiger partial charge in [0.2, 0.25) is 5.91 Å². The van der Waals surface area contributed by atoms with Gasteiger partial charge in [-0.05, 0) is 150 Å². The molecule has 6 saturated carbocycles. The van der Waals surface area contributed by atoms with Crippen LogP contribution in [-0.4, -0.2) is 70.5 Å². The zero-order chi connectivity index (χ0) is 43.5. The number of amides is 1. The first-order valence-corrected chi connectivity index (χ1v) is 25.0. The minimum atomic E-state index is -0.972. The highest BCUT2D eigenvalue weighted by Crippen LogP contribution is 2.48. The van der Waals surface area contributed by atoms with Crippen molar-refractivity contribution in [3.8, 4) is 0 Å². The monoisotopic (exact) mass is 857 g/mol. The summed E-state index contributed by atoms with van der Waals surface area (Å²) in [4.78, 5) is 65.2. The molecule has 0 bridgehead atoms. The van der Waals surface area contributed by atoms with Crippen LogP contribution < -0.4 is 10.8 Å². The van der Waals surface area contributed by atoms with Crippen LogP contribution in [0.5, 0.6) is 0 Å². The number of hydroxylamine groups is 1. The van der Waals surface area contributed by atoms with Gasteiger partial charge in [0.25, 0.3) is 0 Å². The number of hydrogen-bond donors (Lipinski definition) is 5. The lowest BCUT2D eigenvalue weighted by Crippen LogP contribution is -2.51. The topological polar surface area (TPSA) is 189 Å². The van der Waals surface area contributed by atoms with Crippen molar-refractivity contribution >= 4 is 29.8 Å². The number of carboxylic acid groups (broad SMARTS) is 2. The highest BCUT2D eigenvalue weighted by Gasteiger charge is 2.48. The number of rotatable bonds is 17. The number of hydrogen-bond acceptors (Lipinski definition) is 9. The zero-order valence-electron chi connectivity index (χ0n) is 37.5. The van der Waals surface area contributed by atoms with Crippen molar-refractivity contribution in [1.82, 2.24) is 10.8 Å². The van der Waals surface area contributed by atoms with Crippen molar-refractivity contribution in [3.05, 3.63) is 0 Å². The molecule has 0 aliphatic heterocycles. The molecular weight excluding hydrogens is 777 g/mol. The van der Waals surface area contributed by atoms with E-state index in [9.17, 15) is 39.4 Å². The van der Waals surface area contributed by atoms with Crippen LogP contribution in [-0.2, 0) is 33.4 Å². The largest absolute Gasteiger partial charge is 0.481 e. The Morgan fingerprint density at radius 2 is 1.07 bits per heavy atom. The Balaban J connectivity index is 1.000. The lowest BCUT2D eigenvalue weighted by atomic mass is 9.61. The maximum atomic E-state index is 13.9. The van der Waals surface area contributed by atoms with Gasteiger partial charge in [-0.3, -0.25) is 24.0 Å². The maximum Gasteiger partial charge on any atom is 0.308 e. The van der Waals surface area contributed by atoms with E-state index in [1.807, 2.05) is 0 Å². The third-order valence-corrected chi connectivity index (χ3v) is 17.1. The lowest BCUT2D eigenvalue weighted by Gasteiger charge is -2.46. The minimum absolute atomic E-state index is 0.0246. The van der Waals surface area contributed by atoms with Crippen LogP contribution in [0.4, 0.5) is 0 Å². The molecule has 13 unspecified atom stereocenters. The molecule has 12 nitrogen and oxygen atoms in total. The summed E-state index contributed by atoms with van der Waals surface area (Å²) in [5.74, 6) is -3.31. The van der Waals surface area contributed by atoms with Crippen LogP contribution in [0.3, 0.4) is 0 Å². The first-order chi connectivity index (χ1) is 29.5. The summed E-state index contributed by atoms with van der Waals surface area (Å²) in [5, 5.41) is 34.4. The molecule has 0 aromatic rings. The predicted molar refractivity (Wildman–Crippen MR) is 230 cm³/mol.